The number of carbonyl (C=O) groups excluding carboxylic acids is 1. The standard InChI is InChI=1S/C11H11BrN2O2/c1-14(6-2-5-13)11(16)9-7-8(12)3-4-10(9)15/h3-4,7,15H,2,6H2,1H3. The molecule has 1 aromatic carbocycles. The zero-order chi connectivity index (χ0) is 12.1. The summed E-state index contributed by atoms with van der Waals surface area (Å²) in [4.78, 5) is 13.3. The second kappa shape index (κ2) is 5.52. The molecule has 1 N–H and O–H groups in total. The highest BCUT2D eigenvalue weighted by Gasteiger charge is 2.15. The van der Waals surface area contributed by atoms with Gasteiger partial charge in [0, 0.05) is 18.1 Å². The minimum absolute atomic E-state index is 0.0583. The molecule has 0 aliphatic heterocycles. The third-order valence-corrected chi connectivity index (χ3v) is 2.59. The Labute approximate surface area is 102 Å². The highest BCUT2D eigenvalue weighted by Crippen LogP contribution is 2.22. The molecule has 4 nitrogen and oxygen atoms in total. The second-order valence-corrected chi connectivity index (χ2v) is 4.21. The predicted molar refractivity (Wildman–Crippen MR) is 63.0 cm³/mol. The molecule has 16 heavy (non-hydrogen) atoms. The molecule has 0 unspecified atom stereocenters. The van der Waals surface area contributed by atoms with Gasteiger partial charge in [-0.05, 0) is 18.2 Å². The van der Waals surface area contributed by atoms with Crippen LogP contribution in [0.5, 0.6) is 5.75 Å². The van der Waals surface area contributed by atoms with Crippen molar-refractivity contribution in [2.45, 2.75) is 6.42 Å². The van der Waals surface area contributed by atoms with E-state index in [1.54, 1.807) is 19.2 Å². The van der Waals surface area contributed by atoms with Crippen molar-refractivity contribution in [1.29, 1.82) is 5.26 Å². The van der Waals surface area contributed by atoms with E-state index in [4.69, 9.17) is 5.26 Å². The minimum atomic E-state index is -0.297. The first-order valence-corrected chi connectivity index (χ1v) is 5.46. The summed E-state index contributed by atoms with van der Waals surface area (Å²) in [6, 6.07) is 6.63. The van der Waals surface area contributed by atoms with Gasteiger partial charge >= 0.3 is 0 Å². The lowest BCUT2D eigenvalue weighted by atomic mass is 10.2. The average molecular weight is 283 g/mol. The number of phenolic OH excluding ortho intramolecular Hbond substituents is 1. The topological polar surface area (TPSA) is 64.3 Å². The van der Waals surface area contributed by atoms with Crippen molar-refractivity contribution in [2.24, 2.45) is 0 Å². The molecule has 0 spiro atoms. The highest BCUT2D eigenvalue weighted by atomic mass is 79.9. The second-order valence-electron chi connectivity index (χ2n) is 3.30. The summed E-state index contributed by atoms with van der Waals surface area (Å²) in [5.74, 6) is -0.356. The summed E-state index contributed by atoms with van der Waals surface area (Å²) in [6.07, 6.45) is 0.275. The van der Waals surface area contributed by atoms with Crippen molar-refractivity contribution >= 4 is 21.8 Å². The summed E-state index contributed by atoms with van der Waals surface area (Å²) in [6.45, 7) is 0.348. The smallest absolute Gasteiger partial charge is 0.257 e. The fraction of sp³-hybridized carbons (Fsp3) is 0.273. The molecular formula is C11H11BrN2O2. The van der Waals surface area contributed by atoms with E-state index in [1.807, 2.05) is 6.07 Å². The molecule has 84 valence electrons. The number of rotatable bonds is 3. The van der Waals surface area contributed by atoms with Crippen LogP contribution in [0.1, 0.15) is 16.8 Å². The van der Waals surface area contributed by atoms with Crippen molar-refractivity contribution in [1.82, 2.24) is 4.90 Å². The van der Waals surface area contributed by atoms with Crippen LogP contribution >= 0.6 is 15.9 Å². The summed E-state index contributed by atoms with van der Waals surface area (Å²) in [5, 5.41) is 18.0. The van der Waals surface area contributed by atoms with Gasteiger partial charge in [-0.25, -0.2) is 0 Å². The van der Waals surface area contributed by atoms with E-state index in [2.05, 4.69) is 15.9 Å². The summed E-state index contributed by atoms with van der Waals surface area (Å²) in [5.41, 5.74) is 0.231. The number of phenols is 1. The number of hydrogen-bond donors (Lipinski definition) is 1. The molecule has 5 heteroatoms. The fourth-order valence-electron chi connectivity index (χ4n) is 1.20. The molecule has 1 aromatic rings. The Balaban J connectivity index is 2.88. The maximum absolute atomic E-state index is 11.9. The van der Waals surface area contributed by atoms with E-state index >= 15 is 0 Å². The number of nitriles is 1. The summed E-state index contributed by atoms with van der Waals surface area (Å²) in [7, 11) is 1.60. The van der Waals surface area contributed by atoms with Crippen LogP contribution in [0.2, 0.25) is 0 Å². The molecule has 0 heterocycles. The van der Waals surface area contributed by atoms with Crippen LogP contribution in [0.4, 0.5) is 0 Å². The van der Waals surface area contributed by atoms with Gasteiger partial charge in [-0.2, -0.15) is 5.26 Å². The van der Waals surface area contributed by atoms with Crippen LogP contribution in [0.3, 0.4) is 0 Å². The van der Waals surface area contributed by atoms with E-state index in [-0.39, 0.29) is 23.6 Å². The third kappa shape index (κ3) is 2.97. The van der Waals surface area contributed by atoms with Gasteiger partial charge in [0.1, 0.15) is 5.75 Å². The van der Waals surface area contributed by atoms with Crippen molar-refractivity contribution in [3.63, 3.8) is 0 Å². The highest BCUT2D eigenvalue weighted by molar-refractivity contribution is 9.10. The van der Waals surface area contributed by atoms with Gasteiger partial charge in [-0.3, -0.25) is 4.79 Å². The van der Waals surface area contributed by atoms with Gasteiger partial charge < -0.3 is 10.0 Å². The number of benzene rings is 1. The van der Waals surface area contributed by atoms with Gasteiger partial charge in [-0.1, -0.05) is 15.9 Å². The van der Waals surface area contributed by atoms with E-state index in [0.29, 0.717) is 6.54 Å². The molecule has 0 aromatic heterocycles. The molecule has 0 radical (unpaired) electrons. The predicted octanol–water partition coefficient (Wildman–Crippen LogP) is 2.14. The van der Waals surface area contributed by atoms with E-state index < -0.39 is 0 Å². The SMILES string of the molecule is CN(CCC#N)C(=O)c1cc(Br)ccc1O. The fourth-order valence-corrected chi connectivity index (χ4v) is 1.57. The number of amides is 1. The first kappa shape index (κ1) is 12.5. The van der Waals surface area contributed by atoms with E-state index in [1.165, 1.54) is 11.0 Å². The molecule has 0 saturated heterocycles. The van der Waals surface area contributed by atoms with Crippen molar-refractivity contribution in [3.05, 3.63) is 28.2 Å². The number of hydrogen-bond acceptors (Lipinski definition) is 3. The average Bonchev–Trinajstić information content (AvgIpc) is 2.28. The van der Waals surface area contributed by atoms with Gasteiger partial charge in [0.2, 0.25) is 0 Å². The van der Waals surface area contributed by atoms with Crippen LogP contribution in [-0.2, 0) is 0 Å². The van der Waals surface area contributed by atoms with Crippen LogP contribution in [0.25, 0.3) is 0 Å². The maximum Gasteiger partial charge on any atom is 0.257 e. The Kier molecular flexibility index (Phi) is 4.32. The molecule has 0 atom stereocenters. The molecular weight excluding hydrogens is 272 g/mol. The Morgan fingerprint density at radius 1 is 1.62 bits per heavy atom. The van der Waals surface area contributed by atoms with Gasteiger partial charge in [0.15, 0.2) is 0 Å². The first-order chi connectivity index (χ1) is 7.56. The third-order valence-electron chi connectivity index (χ3n) is 2.09. The number of halogens is 1. The molecule has 0 aliphatic carbocycles. The molecule has 1 amide bonds. The summed E-state index contributed by atoms with van der Waals surface area (Å²) < 4.78 is 0.724. The number of carbonyl (C=O) groups is 1. The molecule has 0 saturated carbocycles. The molecule has 0 aliphatic rings. The van der Waals surface area contributed by atoms with E-state index in [9.17, 15) is 9.90 Å². The number of nitrogens with zero attached hydrogens (tertiary/aromatic N) is 2. The van der Waals surface area contributed by atoms with Crippen LogP contribution in [-0.4, -0.2) is 29.5 Å². The Morgan fingerprint density at radius 3 is 2.94 bits per heavy atom. The van der Waals surface area contributed by atoms with E-state index in [0.717, 1.165) is 4.47 Å². The zero-order valence-corrected chi connectivity index (χ0v) is 10.4. The molecule has 0 bridgehead atoms. The van der Waals surface area contributed by atoms with Crippen molar-refractivity contribution in [3.8, 4) is 11.8 Å². The maximum atomic E-state index is 11.9. The zero-order valence-electron chi connectivity index (χ0n) is 8.77. The van der Waals surface area contributed by atoms with Crippen LogP contribution in [0, 0.1) is 11.3 Å². The molecule has 1 rings (SSSR count). The monoisotopic (exact) mass is 282 g/mol. The lowest BCUT2D eigenvalue weighted by Crippen LogP contribution is -2.27. The molecule has 0 fully saturated rings. The quantitative estimate of drug-likeness (QED) is 0.924. The number of aromatic hydroxyl groups is 1. The lowest BCUT2D eigenvalue weighted by molar-refractivity contribution is 0.0795. The van der Waals surface area contributed by atoms with Crippen LogP contribution in [0.15, 0.2) is 22.7 Å². The van der Waals surface area contributed by atoms with Gasteiger partial charge in [0.05, 0.1) is 18.1 Å². The summed E-state index contributed by atoms with van der Waals surface area (Å²) >= 11 is 3.23. The van der Waals surface area contributed by atoms with Gasteiger partial charge in [-0.15, -0.1) is 0 Å². The van der Waals surface area contributed by atoms with Gasteiger partial charge in [0.25, 0.3) is 5.91 Å². The Bertz CT molecular complexity index is 440. The first-order valence-electron chi connectivity index (χ1n) is 4.67. The minimum Gasteiger partial charge on any atom is -0.507 e. The lowest BCUT2D eigenvalue weighted by Gasteiger charge is -2.16. The van der Waals surface area contributed by atoms with Crippen LogP contribution < -0.4 is 0 Å². The van der Waals surface area contributed by atoms with Crippen molar-refractivity contribution < 1.29 is 9.90 Å². The van der Waals surface area contributed by atoms with Crippen molar-refractivity contribution in [2.75, 3.05) is 13.6 Å². The largest absolute Gasteiger partial charge is 0.507 e. The Morgan fingerprint density at radius 2 is 2.31 bits per heavy atom. The Hall–Kier alpha value is -1.54. The normalized spacial score (nSPS) is 9.56.